The van der Waals surface area contributed by atoms with E-state index >= 15 is 0 Å². The summed E-state index contributed by atoms with van der Waals surface area (Å²) in [7, 11) is -4.02. The predicted molar refractivity (Wildman–Crippen MR) is 63.3 cm³/mol. The Kier molecular flexibility index (Phi) is 5.12. The molecule has 0 aromatic carbocycles. The fraction of sp³-hybridized carbons (Fsp3) is 0.800. The van der Waals surface area contributed by atoms with Crippen LogP contribution in [0.25, 0.3) is 0 Å². The highest BCUT2D eigenvalue weighted by atomic mass is 32.2. The molecule has 0 aliphatic carbocycles. The molecule has 0 saturated carbocycles. The van der Waals surface area contributed by atoms with Crippen LogP contribution in [0.2, 0.25) is 0 Å². The Morgan fingerprint density at radius 3 is 2.12 bits per heavy atom. The predicted octanol–water partition coefficient (Wildman–Crippen LogP) is 0.0366. The van der Waals surface area contributed by atoms with E-state index in [-0.39, 0.29) is 5.92 Å². The van der Waals surface area contributed by atoms with Gasteiger partial charge in [-0.3, -0.25) is 9.59 Å². The second kappa shape index (κ2) is 5.48. The summed E-state index contributed by atoms with van der Waals surface area (Å²) in [6.07, 6.45) is 0. The second-order valence-electron chi connectivity index (χ2n) is 4.77. The van der Waals surface area contributed by atoms with Gasteiger partial charge in [-0.15, -0.1) is 0 Å². The van der Waals surface area contributed by atoms with Gasteiger partial charge in [0.15, 0.2) is 14.6 Å². The number of hydrogen-bond donors (Lipinski definition) is 2. The number of carbonyl (C=O) groups is 2. The minimum atomic E-state index is -4.02. The number of carboxylic acid groups (broad SMARTS) is 1. The molecule has 0 bridgehead atoms. The van der Waals surface area contributed by atoms with E-state index in [4.69, 9.17) is 5.11 Å². The van der Waals surface area contributed by atoms with Crippen molar-refractivity contribution in [3.8, 4) is 0 Å². The normalized spacial score (nSPS) is 12.5. The number of amides is 1. The van der Waals surface area contributed by atoms with Crippen molar-refractivity contribution in [3.05, 3.63) is 0 Å². The summed E-state index contributed by atoms with van der Waals surface area (Å²) < 4.78 is 21.5. The third-order valence-electron chi connectivity index (χ3n) is 2.32. The maximum atomic E-state index is 11.7. The Balaban J connectivity index is 4.68. The number of hydrogen-bond acceptors (Lipinski definition) is 4. The van der Waals surface area contributed by atoms with E-state index in [0.29, 0.717) is 6.54 Å². The summed E-state index contributed by atoms with van der Waals surface area (Å²) in [6.45, 7) is 6.24. The van der Waals surface area contributed by atoms with Crippen LogP contribution >= 0.6 is 0 Å². The first-order valence-electron chi connectivity index (χ1n) is 5.23. The third-order valence-corrected chi connectivity index (χ3v) is 4.69. The second-order valence-corrected chi connectivity index (χ2v) is 7.31. The van der Waals surface area contributed by atoms with Crippen LogP contribution in [0.15, 0.2) is 0 Å². The molecule has 7 heteroatoms. The molecule has 1 amide bonds. The molecule has 0 heterocycles. The van der Waals surface area contributed by atoms with E-state index in [0.717, 1.165) is 13.8 Å². The fourth-order valence-corrected chi connectivity index (χ4v) is 1.93. The van der Waals surface area contributed by atoms with E-state index in [9.17, 15) is 18.0 Å². The van der Waals surface area contributed by atoms with Crippen molar-refractivity contribution in [2.45, 2.75) is 32.4 Å². The smallest absolute Gasteiger partial charge is 0.324 e. The van der Waals surface area contributed by atoms with Crippen LogP contribution in [-0.4, -0.2) is 42.4 Å². The van der Waals surface area contributed by atoms with Crippen LogP contribution in [0.1, 0.15) is 27.7 Å². The Labute approximate surface area is 101 Å². The molecular formula is C10H19NO5S. The van der Waals surface area contributed by atoms with Crippen LogP contribution in [0.3, 0.4) is 0 Å². The third kappa shape index (κ3) is 4.33. The maximum Gasteiger partial charge on any atom is 0.324 e. The number of aliphatic carboxylic acids is 1. The van der Waals surface area contributed by atoms with Crippen molar-refractivity contribution in [2.75, 3.05) is 12.3 Å². The Morgan fingerprint density at radius 2 is 1.76 bits per heavy atom. The molecule has 0 rings (SSSR count). The minimum Gasteiger partial charge on any atom is -0.480 e. The molecule has 0 aromatic heterocycles. The van der Waals surface area contributed by atoms with Gasteiger partial charge in [0.2, 0.25) is 5.91 Å². The van der Waals surface area contributed by atoms with Crippen molar-refractivity contribution < 1.29 is 23.1 Å². The molecule has 100 valence electrons. The zero-order valence-corrected chi connectivity index (χ0v) is 11.3. The molecule has 0 radical (unpaired) electrons. The monoisotopic (exact) mass is 265 g/mol. The lowest BCUT2D eigenvalue weighted by Crippen LogP contribution is -2.45. The molecule has 17 heavy (non-hydrogen) atoms. The average Bonchev–Trinajstić information content (AvgIpc) is 2.13. The van der Waals surface area contributed by atoms with Gasteiger partial charge in [-0.2, -0.15) is 0 Å². The van der Waals surface area contributed by atoms with Crippen LogP contribution < -0.4 is 5.32 Å². The standard InChI is InChI=1S/C10H19NO5S/c1-7(2)5-11-8(12)6-17(15,16)10(3,4)9(13)14/h7H,5-6H2,1-4H3,(H,11,12)(H,13,14). The van der Waals surface area contributed by atoms with Gasteiger partial charge in [-0.25, -0.2) is 8.42 Å². The summed E-state index contributed by atoms with van der Waals surface area (Å²) >= 11 is 0. The highest BCUT2D eigenvalue weighted by molar-refractivity contribution is 7.94. The molecule has 0 aliphatic heterocycles. The van der Waals surface area contributed by atoms with Gasteiger partial charge >= 0.3 is 5.97 Å². The molecule has 0 atom stereocenters. The first-order chi connectivity index (χ1) is 7.50. The van der Waals surface area contributed by atoms with Gasteiger partial charge in [0, 0.05) is 6.54 Å². The number of sulfone groups is 1. The van der Waals surface area contributed by atoms with Crippen LogP contribution in [0, 0.1) is 5.92 Å². The van der Waals surface area contributed by atoms with Crippen LogP contribution in [-0.2, 0) is 19.4 Å². The number of carboxylic acids is 1. The SMILES string of the molecule is CC(C)CNC(=O)CS(=O)(=O)C(C)(C)C(=O)O. The summed E-state index contributed by atoms with van der Waals surface area (Å²) in [5.74, 6) is -2.74. The van der Waals surface area contributed by atoms with Gasteiger partial charge < -0.3 is 10.4 Å². The van der Waals surface area contributed by atoms with Crippen LogP contribution in [0.5, 0.6) is 0 Å². The van der Waals surface area contributed by atoms with E-state index in [1.54, 1.807) is 0 Å². The van der Waals surface area contributed by atoms with Crippen LogP contribution in [0.4, 0.5) is 0 Å². The zero-order chi connectivity index (χ0) is 13.9. The van der Waals surface area contributed by atoms with Crippen molar-refractivity contribution in [3.63, 3.8) is 0 Å². The topological polar surface area (TPSA) is 101 Å². The molecule has 0 saturated heterocycles. The Morgan fingerprint density at radius 1 is 1.29 bits per heavy atom. The first-order valence-corrected chi connectivity index (χ1v) is 6.88. The van der Waals surface area contributed by atoms with E-state index < -0.39 is 32.2 Å². The average molecular weight is 265 g/mol. The van der Waals surface area contributed by atoms with Gasteiger partial charge in [0.25, 0.3) is 0 Å². The molecule has 0 spiro atoms. The van der Waals surface area contributed by atoms with Crippen molar-refractivity contribution >= 4 is 21.7 Å². The summed E-state index contributed by atoms with van der Waals surface area (Å²) in [5.41, 5.74) is 0. The molecule has 0 unspecified atom stereocenters. The highest BCUT2D eigenvalue weighted by Crippen LogP contribution is 2.17. The molecule has 2 N–H and O–H groups in total. The van der Waals surface area contributed by atoms with E-state index in [1.165, 1.54) is 0 Å². The van der Waals surface area contributed by atoms with E-state index in [1.807, 2.05) is 13.8 Å². The van der Waals surface area contributed by atoms with Crippen molar-refractivity contribution in [1.82, 2.24) is 5.32 Å². The van der Waals surface area contributed by atoms with Gasteiger partial charge in [-0.1, -0.05) is 13.8 Å². The molecule has 6 nitrogen and oxygen atoms in total. The number of carbonyl (C=O) groups excluding carboxylic acids is 1. The van der Waals surface area contributed by atoms with Gasteiger partial charge in [0.1, 0.15) is 5.75 Å². The fourth-order valence-electron chi connectivity index (χ4n) is 0.855. The lowest BCUT2D eigenvalue weighted by Gasteiger charge is -2.19. The lowest BCUT2D eigenvalue weighted by molar-refractivity contribution is -0.139. The van der Waals surface area contributed by atoms with Crippen molar-refractivity contribution in [2.24, 2.45) is 5.92 Å². The summed E-state index contributed by atoms with van der Waals surface area (Å²) in [5, 5.41) is 11.2. The Hall–Kier alpha value is -1.11. The van der Waals surface area contributed by atoms with E-state index in [2.05, 4.69) is 5.32 Å². The largest absolute Gasteiger partial charge is 0.480 e. The zero-order valence-electron chi connectivity index (χ0n) is 10.5. The molecule has 0 aromatic rings. The minimum absolute atomic E-state index is 0.203. The summed E-state index contributed by atoms with van der Waals surface area (Å²) in [6, 6.07) is 0. The molecule has 0 fully saturated rings. The Bertz CT molecular complexity index is 397. The summed E-state index contributed by atoms with van der Waals surface area (Å²) in [4.78, 5) is 22.2. The molecular weight excluding hydrogens is 246 g/mol. The molecule has 0 aliphatic rings. The van der Waals surface area contributed by atoms with Crippen molar-refractivity contribution in [1.29, 1.82) is 0 Å². The van der Waals surface area contributed by atoms with Gasteiger partial charge in [0.05, 0.1) is 0 Å². The number of rotatable bonds is 6. The van der Waals surface area contributed by atoms with Gasteiger partial charge in [-0.05, 0) is 19.8 Å². The number of nitrogens with one attached hydrogen (secondary N) is 1. The maximum absolute atomic E-state index is 11.7. The quantitative estimate of drug-likeness (QED) is 0.706. The highest BCUT2D eigenvalue weighted by Gasteiger charge is 2.42. The first kappa shape index (κ1) is 15.9. The lowest BCUT2D eigenvalue weighted by atomic mass is 10.2.